The quantitative estimate of drug-likeness (QED) is 0.473. The number of hydrogen-bond acceptors (Lipinski definition) is 7. The minimum atomic E-state index is -3.76. The van der Waals surface area contributed by atoms with Crippen LogP contribution in [0, 0.1) is 6.92 Å². The second-order valence-corrected chi connectivity index (χ2v) is 9.64. The molecular formula is C18H24N4O4S2. The van der Waals surface area contributed by atoms with Gasteiger partial charge < -0.3 is 4.74 Å². The maximum Gasteiger partial charge on any atom is 0.269 e. The van der Waals surface area contributed by atoms with E-state index in [9.17, 15) is 13.2 Å². The summed E-state index contributed by atoms with van der Waals surface area (Å²) in [4.78, 5) is 12.2. The lowest BCUT2D eigenvalue weighted by molar-refractivity contribution is 0.0575. The summed E-state index contributed by atoms with van der Waals surface area (Å²) in [6.45, 7) is 2.68. The van der Waals surface area contributed by atoms with Gasteiger partial charge in [0.05, 0.1) is 6.10 Å². The summed E-state index contributed by atoms with van der Waals surface area (Å²) in [5.41, 5.74) is 1.43. The van der Waals surface area contributed by atoms with Gasteiger partial charge in [-0.15, -0.1) is 10.2 Å². The van der Waals surface area contributed by atoms with E-state index in [-0.39, 0.29) is 21.9 Å². The zero-order chi connectivity index (χ0) is 20.0. The van der Waals surface area contributed by atoms with Crippen molar-refractivity contribution in [2.45, 2.75) is 49.5 Å². The molecule has 1 amide bonds. The first-order valence-corrected chi connectivity index (χ1v) is 11.6. The molecule has 0 atom stereocenters. The van der Waals surface area contributed by atoms with Gasteiger partial charge in [0.1, 0.15) is 0 Å². The normalized spacial score (nSPS) is 15.0. The Morgan fingerprint density at radius 1 is 1.29 bits per heavy atom. The number of rotatable bonds is 9. The van der Waals surface area contributed by atoms with Crippen LogP contribution >= 0.6 is 11.3 Å². The molecule has 0 unspecified atom stereocenters. The first-order valence-electron chi connectivity index (χ1n) is 9.27. The lowest BCUT2D eigenvalue weighted by Gasteiger charge is -2.10. The Labute approximate surface area is 168 Å². The number of nitrogens with zero attached hydrogens (tertiary/aromatic N) is 2. The van der Waals surface area contributed by atoms with Crippen molar-refractivity contribution in [3.8, 4) is 0 Å². The highest BCUT2D eigenvalue weighted by Crippen LogP contribution is 2.22. The van der Waals surface area contributed by atoms with Crippen LogP contribution in [0.5, 0.6) is 0 Å². The van der Waals surface area contributed by atoms with E-state index in [0.29, 0.717) is 24.7 Å². The average Bonchev–Trinajstić information content (AvgIpc) is 3.33. The van der Waals surface area contributed by atoms with E-state index in [2.05, 4.69) is 20.2 Å². The van der Waals surface area contributed by atoms with Crippen LogP contribution in [-0.4, -0.2) is 43.8 Å². The fraction of sp³-hybridized carbons (Fsp3) is 0.500. The van der Waals surface area contributed by atoms with Gasteiger partial charge in [0.15, 0.2) is 0 Å². The zero-order valence-corrected chi connectivity index (χ0v) is 17.3. The summed E-state index contributed by atoms with van der Waals surface area (Å²) in [6, 6.07) is 7.08. The predicted octanol–water partition coefficient (Wildman–Crippen LogP) is 2.73. The Bertz CT molecular complexity index is 908. The first-order chi connectivity index (χ1) is 13.4. The molecule has 1 aromatic heterocycles. The summed E-state index contributed by atoms with van der Waals surface area (Å²) in [5.74, 6) is -0.360. The smallest absolute Gasteiger partial charge is 0.269 e. The molecule has 1 saturated carbocycles. The first kappa shape index (κ1) is 20.8. The molecule has 0 spiro atoms. The predicted molar refractivity (Wildman–Crippen MR) is 107 cm³/mol. The van der Waals surface area contributed by atoms with E-state index in [1.807, 2.05) is 13.0 Å². The van der Waals surface area contributed by atoms with E-state index in [0.717, 1.165) is 29.7 Å². The molecule has 1 aliphatic carbocycles. The zero-order valence-electron chi connectivity index (χ0n) is 15.7. The second-order valence-electron chi connectivity index (χ2n) is 6.73. The number of aromatic nitrogens is 2. The molecule has 0 saturated heterocycles. The Morgan fingerprint density at radius 3 is 2.82 bits per heavy atom. The standard InChI is InChI=1S/C18H24N4O4S2/c1-13-6-4-7-14(12-13)16(23)20-17-21-22-18(27-17)28(24,25)19-10-5-11-26-15-8-2-3-9-15/h4,6-7,12,15,19H,2-3,5,8-11H2,1H3,(H,20,21,23). The minimum Gasteiger partial charge on any atom is -0.378 e. The van der Waals surface area contributed by atoms with Crippen LogP contribution in [0.15, 0.2) is 28.6 Å². The molecule has 28 heavy (non-hydrogen) atoms. The highest BCUT2D eigenvalue weighted by molar-refractivity contribution is 7.91. The second kappa shape index (κ2) is 9.55. The summed E-state index contributed by atoms with van der Waals surface area (Å²) in [5, 5.41) is 10.2. The van der Waals surface area contributed by atoms with E-state index in [4.69, 9.17) is 4.74 Å². The van der Waals surface area contributed by atoms with Crippen molar-refractivity contribution in [1.29, 1.82) is 0 Å². The van der Waals surface area contributed by atoms with E-state index < -0.39 is 10.0 Å². The largest absolute Gasteiger partial charge is 0.378 e. The van der Waals surface area contributed by atoms with Crippen molar-refractivity contribution in [1.82, 2.24) is 14.9 Å². The van der Waals surface area contributed by atoms with Crippen molar-refractivity contribution >= 4 is 32.4 Å². The van der Waals surface area contributed by atoms with Crippen LogP contribution < -0.4 is 10.0 Å². The topological polar surface area (TPSA) is 110 Å². The molecule has 3 rings (SSSR count). The fourth-order valence-electron chi connectivity index (χ4n) is 2.97. The van der Waals surface area contributed by atoms with Gasteiger partial charge >= 0.3 is 0 Å². The highest BCUT2D eigenvalue weighted by atomic mass is 32.2. The summed E-state index contributed by atoms with van der Waals surface area (Å²) in [7, 11) is -3.76. The number of carbonyl (C=O) groups is 1. The van der Waals surface area contributed by atoms with Crippen LogP contribution in [0.2, 0.25) is 0 Å². The van der Waals surface area contributed by atoms with Gasteiger partial charge in [-0.3, -0.25) is 10.1 Å². The van der Waals surface area contributed by atoms with E-state index >= 15 is 0 Å². The van der Waals surface area contributed by atoms with Crippen molar-refractivity contribution in [2.24, 2.45) is 0 Å². The average molecular weight is 425 g/mol. The van der Waals surface area contributed by atoms with E-state index in [1.54, 1.807) is 18.2 Å². The molecule has 152 valence electrons. The Balaban J connectivity index is 1.48. The van der Waals surface area contributed by atoms with Crippen molar-refractivity contribution < 1.29 is 17.9 Å². The Morgan fingerprint density at radius 2 is 2.07 bits per heavy atom. The van der Waals surface area contributed by atoms with Crippen molar-refractivity contribution in [3.05, 3.63) is 35.4 Å². The molecule has 2 N–H and O–H groups in total. The van der Waals surface area contributed by atoms with Gasteiger partial charge in [-0.25, -0.2) is 13.1 Å². The van der Waals surface area contributed by atoms with Gasteiger partial charge in [-0.1, -0.05) is 41.9 Å². The van der Waals surface area contributed by atoms with Gasteiger partial charge in [0, 0.05) is 18.7 Å². The third-order valence-corrected chi connectivity index (χ3v) is 7.07. The van der Waals surface area contributed by atoms with Crippen LogP contribution in [-0.2, 0) is 14.8 Å². The molecule has 10 heteroatoms. The number of anilines is 1. The number of ether oxygens (including phenoxy) is 1. The number of amides is 1. The number of hydrogen-bond donors (Lipinski definition) is 2. The molecule has 1 fully saturated rings. The third-order valence-electron chi connectivity index (χ3n) is 4.41. The molecule has 8 nitrogen and oxygen atoms in total. The molecule has 1 aromatic carbocycles. The number of carbonyl (C=O) groups excluding carboxylic acids is 1. The molecule has 1 aliphatic rings. The highest BCUT2D eigenvalue weighted by Gasteiger charge is 2.21. The molecule has 0 bridgehead atoms. The lowest BCUT2D eigenvalue weighted by Crippen LogP contribution is -2.26. The Kier molecular flexibility index (Phi) is 7.11. The molecule has 1 heterocycles. The third kappa shape index (κ3) is 5.81. The van der Waals surface area contributed by atoms with Crippen molar-refractivity contribution in [3.63, 3.8) is 0 Å². The number of benzene rings is 1. The fourth-order valence-corrected chi connectivity index (χ4v) is 4.98. The lowest BCUT2D eigenvalue weighted by atomic mass is 10.1. The maximum atomic E-state index is 12.3. The van der Waals surface area contributed by atoms with Crippen LogP contribution in [0.3, 0.4) is 0 Å². The number of aryl methyl sites for hydroxylation is 1. The Hall–Kier alpha value is -1.88. The van der Waals surface area contributed by atoms with Gasteiger partial charge in [0.25, 0.3) is 15.9 Å². The SMILES string of the molecule is Cc1cccc(C(=O)Nc2nnc(S(=O)(=O)NCCCOC3CCCC3)s2)c1. The number of sulfonamides is 1. The molecule has 0 radical (unpaired) electrons. The van der Waals surface area contributed by atoms with Crippen LogP contribution in [0.25, 0.3) is 0 Å². The monoisotopic (exact) mass is 424 g/mol. The summed E-state index contributed by atoms with van der Waals surface area (Å²) in [6.07, 6.45) is 5.50. The van der Waals surface area contributed by atoms with E-state index in [1.165, 1.54) is 12.8 Å². The minimum absolute atomic E-state index is 0.136. The van der Waals surface area contributed by atoms with Gasteiger partial charge in [-0.05, 0) is 38.3 Å². The number of nitrogens with one attached hydrogen (secondary N) is 2. The summed E-state index contributed by atoms with van der Waals surface area (Å²) < 4.78 is 32.6. The van der Waals surface area contributed by atoms with Gasteiger partial charge in [0.2, 0.25) is 9.47 Å². The maximum absolute atomic E-state index is 12.3. The van der Waals surface area contributed by atoms with Crippen LogP contribution in [0.4, 0.5) is 5.13 Å². The van der Waals surface area contributed by atoms with Gasteiger partial charge in [-0.2, -0.15) is 0 Å². The molecular weight excluding hydrogens is 400 g/mol. The molecule has 0 aliphatic heterocycles. The van der Waals surface area contributed by atoms with Crippen LogP contribution in [0.1, 0.15) is 48.0 Å². The molecule has 2 aromatic rings. The van der Waals surface area contributed by atoms with Crippen molar-refractivity contribution in [2.75, 3.05) is 18.5 Å². The summed E-state index contributed by atoms with van der Waals surface area (Å²) >= 11 is 0.815.